The average molecular weight is 1130 g/mol. The minimum atomic E-state index is 0.163. The number of nitrogens with one attached hydrogen (secondary N) is 2. The first-order valence-electron chi connectivity index (χ1n) is 27.8. The van der Waals surface area contributed by atoms with Crippen molar-refractivity contribution in [2.75, 3.05) is 0 Å². The van der Waals surface area contributed by atoms with Gasteiger partial charge in [0.2, 0.25) is 0 Å². The topological polar surface area (TPSA) is 315 Å². The number of rotatable bonds is 0. The molecule has 402 valence electrons. The van der Waals surface area contributed by atoms with E-state index in [1.54, 1.807) is 49.6 Å². The Morgan fingerprint density at radius 3 is 0.545 bits per heavy atom. The minimum absolute atomic E-state index is 0.163. The second-order valence-corrected chi connectivity index (χ2v) is 21.3. The van der Waals surface area contributed by atoms with Gasteiger partial charge in [0.05, 0.1) is 88.3 Å². The zero-order valence-electron chi connectivity index (χ0n) is 44.7. The van der Waals surface area contributed by atoms with Crippen molar-refractivity contribution in [3.05, 3.63) is 147 Å². The Balaban J connectivity index is 0.969. The van der Waals surface area contributed by atoms with Crippen molar-refractivity contribution in [1.82, 2.24) is 120 Å². The first-order chi connectivity index (χ1) is 43.6. The number of pyridine rings is 8. The summed E-state index contributed by atoms with van der Waals surface area (Å²) in [5.74, 6) is 0.654. The van der Waals surface area contributed by atoms with E-state index in [9.17, 15) is 0 Å². The molecule has 0 aliphatic carbocycles. The molecule has 88 heavy (non-hydrogen) atoms. The van der Waals surface area contributed by atoms with Gasteiger partial charge >= 0.3 is 0 Å². The summed E-state index contributed by atoms with van der Waals surface area (Å²) in [5, 5.41) is 5.90. The van der Waals surface area contributed by atoms with Crippen LogP contribution >= 0.6 is 0 Å². The van der Waals surface area contributed by atoms with E-state index in [1.807, 2.05) is 97.1 Å². The van der Waals surface area contributed by atoms with Crippen molar-refractivity contribution in [2.45, 2.75) is 0 Å². The summed E-state index contributed by atoms with van der Waals surface area (Å²) in [7, 11) is 0. The number of hydrogen-bond donors (Lipinski definition) is 2. The lowest BCUT2D eigenvalue weighted by Gasteiger charge is -2.09. The highest BCUT2D eigenvalue weighted by molar-refractivity contribution is 6.26. The fourth-order valence-electron chi connectivity index (χ4n) is 12.7. The number of H-pyrrole nitrogens is 2. The van der Waals surface area contributed by atoms with Crippen LogP contribution in [0.5, 0.6) is 0 Å². The molecule has 2 aliphatic heterocycles. The first-order valence-corrected chi connectivity index (χ1v) is 27.8. The van der Waals surface area contributed by atoms with Crippen molar-refractivity contribution in [3.8, 4) is 46.1 Å². The van der Waals surface area contributed by atoms with Crippen molar-refractivity contribution in [3.63, 3.8) is 0 Å². The Hall–Kier alpha value is -13.1. The number of hydrogen-bond acceptors (Lipinski definition) is 22. The van der Waals surface area contributed by atoms with E-state index in [1.165, 1.54) is 0 Å². The standard InChI is InChI=1S/C64H26N24/c1-9-25-33(65-17-1)34-26(10-2-18-66-34)42-41(25)73-49-50(74-42)58-81-57(49)85-59-51-52(76-44-28-12-4-20-68-36(28)35-27(43(44)75-51)11-3-19-67-35)61(82-59)87-63-55-56(80-48-32-16-8-24-72-40(32)39-31(47(48)79-55)15-7-23-71-39)64(84-63)88-62-54-53(60(83-62)86-58)77-45-29-13-5-21-69-37(29)38-30(46(45)78-54)14-6-22-70-38/h1-24H,(H2,81,82,83,84,85,86,87,88). The van der Waals surface area contributed by atoms with Crippen LogP contribution in [0.25, 0.3) is 222 Å². The van der Waals surface area contributed by atoms with Gasteiger partial charge in [0, 0.05) is 92.7 Å². The van der Waals surface area contributed by atoms with E-state index in [0.717, 1.165) is 43.1 Å². The predicted molar refractivity (Wildman–Crippen MR) is 331 cm³/mol. The average Bonchev–Trinajstić information content (AvgIpc) is 1.48. The monoisotopic (exact) mass is 1130 g/mol. The highest BCUT2D eigenvalue weighted by Crippen LogP contribution is 2.42. The molecular formula is C64H26N24. The van der Waals surface area contributed by atoms with Crippen LogP contribution in [0.4, 0.5) is 0 Å². The molecule has 8 bridgehead atoms. The molecule has 0 spiro atoms. The van der Waals surface area contributed by atoms with Crippen molar-refractivity contribution < 1.29 is 0 Å². The Morgan fingerprint density at radius 2 is 0.352 bits per heavy atom. The lowest BCUT2D eigenvalue weighted by atomic mass is 10.1. The smallest absolute Gasteiger partial charge is 0.184 e. The van der Waals surface area contributed by atoms with Crippen molar-refractivity contribution in [1.29, 1.82) is 0 Å². The van der Waals surface area contributed by atoms with E-state index < -0.39 is 0 Å². The van der Waals surface area contributed by atoms with Gasteiger partial charge in [-0.05, 0) is 97.1 Å². The predicted octanol–water partition coefficient (Wildman–Crippen LogP) is 11.0. The SMILES string of the molecule is c1cnc2c(c1)c1nc3c(nc1c1cccnc12)-c1nc-3nc2[nH]c(nc3nc(nc4[nH]c(n1)c1nc5c6cccnc6c6ncccc6c5nc41)-c1nc4c5cccnc5c5ncccc5c4nc1-3)c1nc3c4cccnc4c4ncccc4c3nc21. The van der Waals surface area contributed by atoms with E-state index in [2.05, 4.69) is 9.97 Å². The molecule has 4 aromatic carbocycles. The largest absolute Gasteiger partial charge is 0.321 e. The molecule has 17 heterocycles. The molecule has 0 atom stereocenters. The summed E-state index contributed by atoms with van der Waals surface area (Å²) in [6, 6.07) is 30.6. The quantitative estimate of drug-likeness (QED) is 0.133. The molecule has 19 aromatic rings. The van der Waals surface area contributed by atoms with Gasteiger partial charge in [-0.15, -0.1) is 0 Å². The fourth-order valence-corrected chi connectivity index (χ4v) is 12.7. The second kappa shape index (κ2) is 16.4. The Morgan fingerprint density at radius 1 is 0.170 bits per heavy atom. The van der Waals surface area contributed by atoms with Crippen LogP contribution in [0.15, 0.2) is 147 Å². The summed E-state index contributed by atoms with van der Waals surface area (Å²) in [5.41, 5.74) is 13.6. The van der Waals surface area contributed by atoms with Crippen molar-refractivity contribution >= 4 is 176 Å². The van der Waals surface area contributed by atoms with Crippen LogP contribution in [0.1, 0.15) is 0 Å². The third-order valence-corrected chi connectivity index (χ3v) is 16.5. The second-order valence-electron chi connectivity index (χ2n) is 21.3. The minimum Gasteiger partial charge on any atom is -0.321 e. The summed E-state index contributed by atoms with van der Waals surface area (Å²) in [4.78, 5) is 121. The lowest BCUT2D eigenvalue weighted by molar-refractivity contribution is 1.18. The molecule has 2 N–H and O–H groups in total. The fraction of sp³-hybridized carbons (Fsp3) is 0. The Kier molecular flexibility index (Phi) is 8.44. The van der Waals surface area contributed by atoms with Gasteiger partial charge in [-0.25, -0.2) is 69.8 Å². The third-order valence-electron chi connectivity index (χ3n) is 16.5. The van der Waals surface area contributed by atoms with Crippen LogP contribution < -0.4 is 0 Å². The van der Waals surface area contributed by atoms with Crippen LogP contribution in [0.3, 0.4) is 0 Å². The number of benzene rings is 4. The van der Waals surface area contributed by atoms with E-state index in [-0.39, 0.29) is 45.9 Å². The molecule has 21 rings (SSSR count). The highest BCUT2D eigenvalue weighted by Gasteiger charge is 2.31. The van der Waals surface area contributed by atoms with E-state index in [0.29, 0.717) is 133 Å². The number of aromatic nitrogens is 24. The molecule has 0 radical (unpaired) electrons. The molecule has 24 nitrogen and oxygen atoms in total. The summed E-state index contributed by atoms with van der Waals surface area (Å²) >= 11 is 0. The first kappa shape index (κ1) is 45.4. The molecular weight excluding hydrogens is 1100 g/mol. The molecule has 0 unspecified atom stereocenters. The van der Waals surface area contributed by atoms with Gasteiger partial charge in [-0.1, -0.05) is 0 Å². The Bertz CT molecular complexity index is 5930. The van der Waals surface area contributed by atoms with Gasteiger partial charge in [0.25, 0.3) is 0 Å². The molecule has 0 fully saturated rings. The molecule has 0 amide bonds. The van der Waals surface area contributed by atoms with Gasteiger partial charge in [-0.2, -0.15) is 0 Å². The number of aromatic amines is 2. The molecule has 0 saturated heterocycles. The third kappa shape index (κ3) is 5.98. The van der Waals surface area contributed by atoms with Crippen LogP contribution in [0, 0.1) is 0 Å². The highest BCUT2D eigenvalue weighted by atomic mass is 15.1. The normalized spacial score (nSPS) is 12.5. The van der Waals surface area contributed by atoms with E-state index >= 15 is 0 Å². The molecule has 0 saturated carbocycles. The summed E-state index contributed by atoms with van der Waals surface area (Å²) in [6.07, 6.45) is 13.9. The van der Waals surface area contributed by atoms with Gasteiger partial charge in [0.1, 0.15) is 44.8 Å². The van der Waals surface area contributed by atoms with Crippen molar-refractivity contribution in [2.24, 2.45) is 0 Å². The van der Waals surface area contributed by atoms with Gasteiger partial charge in [0.15, 0.2) is 45.9 Å². The van der Waals surface area contributed by atoms with Crippen LogP contribution in [0.2, 0.25) is 0 Å². The summed E-state index contributed by atoms with van der Waals surface area (Å²) < 4.78 is 0. The lowest BCUT2D eigenvalue weighted by Crippen LogP contribution is -1.96. The maximum atomic E-state index is 5.44. The van der Waals surface area contributed by atoms with Crippen LogP contribution in [-0.4, -0.2) is 120 Å². The zero-order chi connectivity index (χ0) is 57.0. The molecule has 2 aliphatic rings. The van der Waals surface area contributed by atoms with E-state index in [4.69, 9.17) is 110 Å². The summed E-state index contributed by atoms with van der Waals surface area (Å²) in [6.45, 7) is 0. The van der Waals surface area contributed by atoms with Gasteiger partial charge in [-0.3, -0.25) is 39.9 Å². The Labute approximate surface area is 486 Å². The van der Waals surface area contributed by atoms with Crippen LogP contribution in [-0.2, 0) is 0 Å². The maximum absolute atomic E-state index is 5.44. The maximum Gasteiger partial charge on any atom is 0.184 e. The molecule has 15 aromatic heterocycles. The molecule has 24 heteroatoms. The van der Waals surface area contributed by atoms with Gasteiger partial charge < -0.3 is 9.97 Å². The zero-order valence-corrected chi connectivity index (χ0v) is 44.7. The number of fused-ring (bicyclic) bond motifs is 44. The number of nitrogens with zero attached hydrogens (tertiary/aromatic N) is 22.